The van der Waals surface area contributed by atoms with Crippen molar-refractivity contribution < 1.29 is 14.7 Å². The van der Waals surface area contributed by atoms with Crippen LogP contribution in [0.25, 0.3) is 0 Å². The molecule has 1 unspecified atom stereocenters. The molecule has 0 spiro atoms. The maximum atomic E-state index is 10.4. The SMILES string of the molecule is CC.CNC(CC(C)C)C(=O)O.O=Cc1ccccc1. The van der Waals surface area contributed by atoms with Gasteiger partial charge in [0, 0.05) is 5.56 Å². The van der Waals surface area contributed by atoms with Crippen molar-refractivity contribution in [2.24, 2.45) is 5.92 Å². The first kappa shape index (κ1) is 20.6. The minimum Gasteiger partial charge on any atom is -0.480 e. The smallest absolute Gasteiger partial charge is 0.320 e. The molecule has 0 aliphatic heterocycles. The van der Waals surface area contributed by atoms with E-state index in [-0.39, 0.29) is 6.04 Å². The van der Waals surface area contributed by atoms with Gasteiger partial charge in [-0.1, -0.05) is 58.0 Å². The molecule has 4 heteroatoms. The van der Waals surface area contributed by atoms with Crippen LogP contribution < -0.4 is 5.32 Å². The van der Waals surface area contributed by atoms with E-state index in [1.807, 2.05) is 45.9 Å². The summed E-state index contributed by atoms with van der Waals surface area (Å²) in [5, 5.41) is 11.3. The summed E-state index contributed by atoms with van der Waals surface area (Å²) in [4.78, 5) is 20.4. The normalized spacial score (nSPS) is 10.5. The predicted octanol–water partition coefficient (Wildman–Crippen LogP) is 3.23. The van der Waals surface area contributed by atoms with Gasteiger partial charge in [0.15, 0.2) is 0 Å². The van der Waals surface area contributed by atoms with Crippen LogP contribution in [0, 0.1) is 5.92 Å². The highest BCUT2D eigenvalue weighted by Gasteiger charge is 2.15. The first-order valence-electron chi connectivity index (χ1n) is 6.91. The molecule has 4 nitrogen and oxygen atoms in total. The number of carboxylic acid groups (broad SMARTS) is 1. The Morgan fingerprint density at radius 2 is 1.75 bits per heavy atom. The molecule has 0 fully saturated rings. The quantitative estimate of drug-likeness (QED) is 0.813. The predicted molar refractivity (Wildman–Crippen MR) is 83.1 cm³/mol. The molecule has 0 saturated carbocycles. The van der Waals surface area contributed by atoms with E-state index in [9.17, 15) is 9.59 Å². The van der Waals surface area contributed by atoms with E-state index < -0.39 is 5.97 Å². The van der Waals surface area contributed by atoms with Crippen LogP contribution in [0.15, 0.2) is 30.3 Å². The van der Waals surface area contributed by atoms with Gasteiger partial charge in [-0.3, -0.25) is 9.59 Å². The molecule has 1 rings (SSSR count). The van der Waals surface area contributed by atoms with Crippen LogP contribution in [0.2, 0.25) is 0 Å². The van der Waals surface area contributed by atoms with Crippen LogP contribution >= 0.6 is 0 Å². The van der Waals surface area contributed by atoms with Gasteiger partial charge in [0.2, 0.25) is 0 Å². The van der Waals surface area contributed by atoms with E-state index in [4.69, 9.17) is 5.11 Å². The second kappa shape index (κ2) is 13.7. The van der Waals surface area contributed by atoms with Crippen LogP contribution in [0.3, 0.4) is 0 Å². The van der Waals surface area contributed by atoms with E-state index in [2.05, 4.69) is 5.32 Å². The topological polar surface area (TPSA) is 66.4 Å². The maximum Gasteiger partial charge on any atom is 0.320 e. The average Bonchev–Trinajstić information content (AvgIpc) is 2.48. The molecule has 0 saturated heterocycles. The zero-order valence-electron chi connectivity index (χ0n) is 13.1. The number of hydrogen-bond donors (Lipinski definition) is 2. The Bertz CT molecular complexity index is 350. The molecule has 0 heterocycles. The first-order valence-corrected chi connectivity index (χ1v) is 6.91. The Balaban J connectivity index is 0. The third-order valence-electron chi connectivity index (χ3n) is 2.29. The minimum atomic E-state index is -0.767. The number of likely N-dealkylation sites (N-methyl/N-ethyl adjacent to an activating group) is 1. The van der Waals surface area contributed by atoms with Gasteiger partial charge in [-0.2, -0.15) is 0 Å². The monoisotopic (exact) mass is 281 g/mol. The number of hydrogen-bond acceptors (Lipinski definition) is 3. The lowest BCUT2D eigenvalue weighted by atomic mass is 10.0. The van der Waals surface area contributed by atoms with Gasteiger partial charge in [-0.25, -0.2) is 0 Å². The molecule has 1 aromatic rings. The summed E-state index contributed by atoms with van der Waals surface area (Å²) in [7, 11) is 1.67. The molecule has 1 atom stereocenters. The van der Waals surface area contributed by atoms with Crippen molar-refractivity contribution in [3.05, 3.63) is 35.9 Å². The molecule has 0 radical (unpaired) electrons. The second-order valence-electron chi connectivity index (χ2n) is 4.34. The number of rotatable bonds is 5. The van der Waals surface area contributed by atoms with Crippen molar-refractivity contribution in [2.75, 3.05) is 7.05 Å². The summed E-state index contributed by atoms with van der Waals surface area (Å²) in [5.74, 6) is -0.343. The second-order valence-corrected chi connectivity index (χ2v) is 4.34. The highest BCUT2D eigenvalue weighted by molar-refractivity contribution is 5.74. The zero-order valence-corrected chi connectivity index (χ0v) is 13.1. The first-order chi connectivity index (χ1) is 9.51. The molecule has 0 bridgehead atoms. The number of carbonyl (C=O) groups excluding carboxylic acids is 1. The Hall–Kier alpha value is -1.68. The number of carboxylic acids is 1. The fourth-order valence-electron chi connectivity index (χ4n) is 1.35. The summed E-state index contributed by atoms with van der Waals surface area (Å²) >= 11 is 0. The van der Waals surface area contributed by atoms with Gasteiger partial charge in [0.1, 0.15) is 12.3 Å². The van der Waals surface area contributed by atoms with Crippen molar-refractivity contribution in [3.8, 4) is 0 Å². The standard InChI is InChI=1S/C7H15NO2.C7H6O.C2H6/c1-5(2)4-6(8-3)7(9)10;8-6-7-4-2-1-3-5-7;1-2/h5-6,8H,4H2,1-3H3,(H,9,10);1-6H;1-2H3. The number of benzene rings is 1. The fourth-order valence-corrected chi connectivity index (χ4v) is 1.35. The number of nitrogens with one attached hydrogen (secondary N) is 1. The van der Waals surface area contributed by atoms with Gasteiger partial charge >= 0.3 is 5.97 Å². The number of carbonyl (C=O) groups is 2. The largest absolute Gasteiger partial charge is 0.480 e. The van der Waals surface area contributed by atoms with Crippen LogP contribution in [0.5, 0.6) is 0 Å². The van der Waals surface area contributed by atoms with Crippen molar-refractivity contribution >= 4 is 12.3 Å². The number of aldehydes is 1. The van der Waals surface area contributed by atoms with E-state index in [1.54, 1.807) is 19.2 Å². The maximum absolute atomic E-state index is 10.4. The van der Waals surface area contributed by atoms with Crippen LogP contribution in [-0.4, -0.2) is 30.5 Å². The average molecular weight is 281 g/mol. The molecule has 0 aliphatic rings. The highest BCUT2D eigenvalue weighted by Crippen LogP contribution is 2.03. The molecule has 0 aliphatic carbocycles. The Morgan fingerprint density at radius 1 is 1.25 bits per heavy atom. The molecule has 1 aromatic carbocycles. The van der Waals surface area contributed by atoms with Crippen molar-refractivity contribution in [1.82, 2.24) is 5.32 Å². The fraction of sp³-hybridized carbons (Fsp3) is 0.500. The van der Waals surface area contributed by atoms with Gasteiger partial charge in [-0.05, 0) is 19.4 Å². The van der Waals surface area contributed by atoms with Crippen molar-refractivity contribution in [1.29, 1.82) is 0 Å². The van der Waals surface area contributed by atoms with Gasteiger partial charge < -0.3 is 10.4 Å². The van der Waals surface area contributed by atoms with Crippen LogP contribution in [0.1, 0.15) is 44.5 Å². The highest BCUT2D eigenvalue weighted by atomic mass is 16.4. The number of aliphatic carboxylic acids is 1. The Kier molecular flexibility index (Phi) is 14.2. The molecule has 114 valence electrons. The summed E-state index contributed by atoms with van der Waals surface area (Å²) in [6, 6.07) is 8.71. The Labute approximate surface area is 122 Å². The zero-order chi connectivity index (χ0) is 16.0. The molecular weight excluding hydrogens is 254 g/mol. The van der Waals surface area contributed by atoms with Crippen molar-refractivity contribution in [2.45, 2.75) is 40.2 Å². The molecule has 0 amide bonds. The third kappa shape index (κ3) is 11.4. The lowest BCUT2D eigenvalue weighted by Gasteiger charge is -2.12. The molecular formula is C16H27NO3. The summed E-state index contributed by atoms with van der Waals surface area (Å²) in [6.45, 7) is 8.01. The van der Waals surface area contributed by atoms with E-state index >= 15 is 0 Å². The van der Waals surface area contributed by atoms with Gasteiger partial charge in [0.05, 0.1) is 0 Å². The van der Waals surface area contributed by atoms with Crippen molar-refractivity contribution in [3.63, 3.8) is 0 Å². The Morgan fingerprint density at radius 3 is 1.95 bits per heavy atom. The third-order valence-corrected chi connectivity index (χ3v) is 2.29. The molecule has 20 heavy (non-hydrogen) atoms. The summed E-state index contributed by atoms with van der Waals surface area (Å²) < 4.78 is 0. The van der Waals surface area contributed by atoms with Crippen LogP contribution in [-0.2, 0) is 4.79 Å². The lowest BCUT2D eigenvalue weighted by molar-refractivity contribution is -0.139. The summed E-state index contributed by atoms with van der Waals surface area (Å²) in [5.41, 5.74) is 0.729. The molecule has 2 N–H and O–H groups in total. The van der Waals surface area contributed by atoms with E-state index in [0.29, 0.717) is 12.3 Å². The molecule has 0 aromatic heterocycles. The van der Waals surface area contributed by atoms with Crippen LogP contribution in [0.4, 0.5) is 0 Å². The minimum absolute atomic E-state index is 0.389. The van der Waals surface area contributed by atoms with E-state index in [1.165, 1.54) is 0 Å². The van der Waals surface area contributed by atoms with E-state index in [0.717, 1.165) is 11.8 Å². The lowest BCUT2D eigenvalue weighted by Crippen LogP contribution is -2.34. The van der Waals surface area contributed by atoms with Gasteiger partial charge in [0.25, 0.3) is 0 Å². The van der Waals surface area contributed by atoms with Gasteiger partial charge in [-0.15, -0.1) is 0 Å². The summed E-state index contributed by atoms with van der Waals surface area (Å²) in [6.07, 6.45) is 1.52.